The third kappa shape index (κ3) is 3.25. The molecule has 0 radical (unpaired) electrons. The van der Waals surface area contributed by atoms with Crippen molar-refractivity contribution >= 4 is 11.4 Å². The van der Waals surface area contributed by atoms with Crippen molar-refractivity contribution in [3.63, 3.8) is 0 Å². The average Bonchev–Trinajstić information content (AvgIpc) is 2.34. The summed E-state index contributed by atoms with van der Waals surface area (Å²) in [6.07, 6.45) is 1.93. The Balaban J connectivity index is 0.000000861. The SMILES string of the molecule is CC.Cc1cc(C)c(C2=C(O)CCCC2=O)c(C)c1. The second-order valence-electron chi connectivity index (χ2n) is 4.87. The Morgan fingerprint density at radius 3 is 2.00 bits per heavy atom. The molecular weight excluding hydrogens is 236 g/mol. The van der Waals surface area contributed by atoms with Crippen molar-refractivity contribution in [3.05, 3.63) is 40.1 Å². The van der Waals surface area contributed by atoms with Gasteiger partial charge in [0.1, 0.15) is 5.76 Å². The minimum Gasteiger partial charge on any atom is -0.512 e. The van der Waals surface area contributed by atoms with Crippen molar-refractivity contribution in [2.45, 2.75) is 53.9 Å². The van der Waals surface area contributed by atoms with Crippen molar-refractivity contribution in [1.29, 1.82) is 0 Å². The van der Waals surface area contributed by atoms with E-state index in [1.54, 1.807) is 0 Å². The first-order valence-corrected chi connectivity index (χ1v) is 7.04. The highest BCUT2D eigenvalue weighted by Gasteiger charge is 2.24. The molecule has 1 aliphatic carbocycles. The first-order valence-electron chi connectivity index (χ1n) is 7.04. The van der Waals surface area contributed by atoms with Crippen LogP contribution in [0.2, 0.25) is 0 Å². The molecule has 0 unspecified atom stereocenters. The summed E-state index contributed by atoms with van der Waals surface area (Å²) in [4.78, 5) is 12.0. The maximum Gasteiger partial charge on any atom is 0.166 e. The van der Waals surface area contributed by atoms with E-state index in [0.717, 1.165) is 23.1 Å². The van der Waals surface area contributed by atoms with E-state index in [2.05, 4.69) is 12.1 Å². The third-order valence-corrected chi connectivity index (χ3v) is 3.31. The molecule has 104 valence electrons. The Morgan fingerprint density at radius 1 is 1.00 bits per heavy atom. The predicted molar refractivity (Wildman–Crippen MR) is 80.4 cm³/mol. The highest BCUT2D eigenvalue weighted by molar-refractivity contribution is 6.22. The highest BCUT2D eigenvalue weighted by Crippen LogP contribution is 2.32. The fourth-order valence-corrected chi connectivity index (χ4v) is 2.69. The number of carbonyl (C=O) groups excluding carboxylic acids is 1. The average molecular weight is 260 g/mol. The maximum atomic E-state index is 12.0. The van der Waals surface area contributed by atoms with Crippen LogP contribution in [0.1, 0.15) is 55.4 Å². The Morgan fingerprint density at radius 2 is 1.53 bits per heavy atom. The van der Waals surface area contributed by atoms with E-state index in [4.69, 9.17) is 0 Å². The molecule has 1 aromatic rings. The van der Waals surface area contributed by atoms with Crippen LogP contribution in [0.3, 0.4) is 0 Å². The summed E-state index contributed by atoms with van der Waals surface area (Å²) in [5, 5.41) is 9.97. The summed E-state index contributed by atoms with van der Waals surface area (Å²) in [5.74, 6) is 0.333. The lowest BCUT2D eigenvalue weighted by Crippen LogP contribution is -2.12. The molecule has 1 aromatic carbocycles. The predicted octanol–water partition coefficient (Wildman–Crippen LogP) is 4.66. The van der Waals surface area contributed by atoms with E-state index in [9.17, 15) is 9.90 Å². The maximum absolute atomic E-state index is 12.0. The Kier molecular flexibility index (Phi) is 5.34. The van der Waals surface area contributed by atoms with Crippen LogP contribution < -0.4 is 0 Å². The van der Waals surface area contributed by atoms with E-state index in [-0.39, 0.29) is 11.5 Å². The largest absolute Gasteiger partial charge is 0.512 e. The molecule has 0 bridgehead atoms. The summed E-state index contributed by atoms with van der Waals surface area (Å²) in [7, 11) is 0. The number of benzene rings is 1. The van der Waals surface area contributed by atoms with Gasteiger partial charge in [0.25, 0.3) is 0 Å². The molecule has 2 rings (SSSR count). The van der Waals surface area contributed by atoms with Crippen LogP contribution in [0.15, 0.2) is 17.9 Å². The molecule has 1 aliphatic rings. The van der Waals surface area contributed by atoms with Crippen LogP contribution in [0, 0.1) is 20.8 Å². The van der Waals surface area contributed by atoms with Crippen LogP contribution in [-0.2, 0) is 4.79 Å². The molecule has 0 atom stereocenters. The van der Waals surface area contributed by atoms with Gasteiger partial charge in [-0.2, -0.15) is 0 Å². The number of Topliss-reactive ketones (excluding diaryl/α,β-unsaturated/α-hetero) is 1. The van der Waals surface area contributed by atoms with Crippen molar-refractivity contribution < 1.29 is 9.90 Å². The van der Waals surface area contributed by atoms with Crippen molar-refractivity contribution in [1.82, 2.24) is 0 Å². The van der Waals surface area contributed by atoms with Gasteiger partial charge in [-0.25, -0.2) is 0 Å². The van der Waals surface area contributed by atoms with Gasteiger partial charge in [0.2, 0.25) is 0 Å². The van der Waals surface area contributed by atoms with E-state index in [1.807, 2.05) is 34.6 Å². The number of aryl methyl sites for hydroxylation is 3. The molecule has 2 heteroatoms. The molecule has 1 N–H and O–H groups in total. The number of hydrogen-bond donors (Lipinski definition) is 1. The summed E-state index contributed by atoms with van der Waals surface area (Å²) in [5.41, 5.74) is 4.80. The van der Waals surface area contributed by atoms with Gasteiger partial charge in [0.05, 0.1) is 5.57 Å². The number of rotatable bonds is 1. The number of aliphatic hydroxyl groups is 1. The molecule has 0 heterocycles. The summed E-state index contributed by atoms with van der Waals surface area (Å²) in [6.45, 7) is 10.0. The van der Waals surface area contributed by atoms with Gasteiger partial charge in [-0.1, -0.05) is 31.5 Å². The van der Waals surface area contributed by atoms with E-state index in [0.29, 0.717) is 18.4 Å². The van der Waals surface area contributed by atoms with Crippen LogP contribution >= 0.6 is 0 Å². The first kappa shape index (κ1) is 15.5. The molecule has 2 nitrogen and oxygen atoms in total. The normalized spacial score (nSPS) is 15.1. The molecule has 0 spiro atoms. The zero-order chi connectivity index (χ0) is 14.6. The summed E-state index contributed by atoms with van der Waals surface area (Å²) in [6, 6.07) is 4.12. The molecule has 0 saturated heterocycles. The molecular formula is C17H24O2. The first-order chi connectivity index (χ1) is 9.00. The number of ketones is 1. The number of allylic oxidation sites excluding steroid dienone is 2. The number of aliphatic hydroxyl groups excluding tert-OH is 1. The second-order valence-corrected chi connectivity index (χ2v) is 4.87. The van der Waals surface area contributed by atoms with Crippen molar-refractivity contribution in [2.24, 2.45) is 0 Å². The fourth-order valence-electron chi connectivity index (χ4n) is 2.69. The molecule has 0 fully saturated rings. The highest BCUT2D eigenvalue weighted by atomic mass is 16.3. The zero-order valence-corrected chi connectivity index (χ0v) is 12.6. The van der Waals surface area contributed by atoms with Crippen LogP contribution in [0.4, 0.5) is 0 Å². The van der Waals surface area contributed by atoms with Gasteiger partial charge in [-0.15, -0.1) is 0 Å². The van der Waals surface area contributed by atoms with Crippen LogP contribution in [0.5, 0.6) is 0 Å². The zero-order valence-electron chi connectivity index (χ0n) is 12.6. The monoisotopic (exact) mass is 260 g/mol. The van der Waals surface area contributed by atoms with Gasteiger partial charge in [-0.05, 0) is 43.9 Å². The number of hydrogen-bond acceptors (Lipinski definition) is 2. The lowest BCUT2D eigenvalue weighted by molar-refractivity contribution is -0.114. The van der Waals surface area contributed by atoms with Gasteiger partial charge < -0.3 is 5.11 Å². The quantitative estimate of drug-likeness (QED) is 0.797. The van der Waals surface area contributed by atoms with Crippen molar-refractivity contribution in [3.8, 4) is 0 Å². The van der Waals surface area contributed by atoms with Gasteiger partial charge in [0.15, 0.2) is 5.78 Å². The fraction of sp³-hybridized carbons (Fsp3) is 0.471. The second kappa shape index (κ2) is 6.55. The molecule has 0 aromatic heterocycles. The van der Waals surface area contributed by atoms with Crippen molar-refractivity contribution in [2.75, 3.05) is 0 Å². The topological polar surface area (TPSA) is 37.3 Å². The van der Waals surface area contributed by atoms with E-state index < -0.39 is 0 Å². The summed E-state index contributed by atoms with van der Waals surface area (Å²) >= 11 is 0. The van der Waals surface area contributed by atoms with E-state index >= 15 is 0 Å². The Labute approximate surface area is 116 Å². The van der Waals surface area contributed by atoms with Gasteiger partial charge in [-0.3, -0.25) is 4.79 Å². The lowest BCUT2D eigenvalue weighted by atomic mass is 9.85. The molecule has 0 amide bonds. The molecule has 0 aliphatic heterocycles. The van der Waals surface area contributed by atoms with E-state index in [1.165, 1.54) is 5.56 Å². The number of carbonyl (C=O) groups is 1. The minimum absolute atomic E-state index is 0.0730. The smallest absolute Gasteiger partial charge is 0.166 e. The Hall–Kier alpha value is -1.57. The van der Waals surface area contributed by atoms with Gasteiger partial charge >= 0.3 is 0 Å². The third-order valence-electron chi connectivity index (χ3n) is 3.31. The van der Waals surface area contributed by atoms with Crippen LogP contribution in [0.25, 0.3) is 5.57 Å². The molecule has 19 heavy (non-hydrogen) atoms. The Bertz CT molecular complexity index is 487. The van der Waals surface area contributed by atoms with Crippen LogP contribution in [-0.4, -0.2) is 10.9 Å². The molecule has 0 saturated carbocycles. The minimum atomic E-state index is 0.0730. The standard InChI is InChI=1S/C15H18O2.C2H6/c1-9-7-10(2)14(11(3)8-9)15-12(16)5-4-6-13(15)17;1-2/h7-8,16H,4-6H2,1-3H3;1-2H3. The lowest BCUT2D eigenvalue weighted by Gasteiger charge is -2.19. The van der Waals surface area contributed by atoms with Gasteiger partial charge in [0, 0.05) is 12.8 Å². The summed E-state index contributed by atoms with van der Waals surface area (Å²) < 4.78 is 0.